The second kappa shape index (κ2) is 8.35. The SMILES string of the molecule is CCC(C(=O)Nc1ccc(Cl)cc1)n1nc(C)c2c(C)n(-c3ccccc3)nc2c1=O. The number of para-hydroxylation sites is 1. The molecule has 0 aliphatic rings. The summed E-state index contributed by atoms with van der Waals surface area (Å²) in [5, 5.41) is 13.2. The molecule has 2 aromatic heterocycles. The highest BCUT2D eigenvalue weighted by atomic mass is 35.5. The first-order chi connectivity index (χ1) is 14.9. The lowest BCUT2D eigenvalue weighted by atomic mass is 10.2. The molecule has 1 unspecified atom stereocenters. The van der Waals surface area contributed by atoms with Gasteiger partial charge in [0.25, 0.3) is 5.56 Å². The van der Waals surface area contributed by atoms with Crippen molar-refractivity contribution in [2.24, 2.45) is 0 Å². The van der Waals surface area contributed by atoms with Gasteiger partial charge >= 0.3 is 0 Å². The Labute approximate surface area is 184 Å². The number of carbonyl (C=O) groups excluding carboxylic acids is 1. The molecule has 4 rings (SSSR count). The molecule has 2 heterocycles. The van der Waals surface area contributed by atoms with Gasteiger partial charge in [0.05, 0.1) is 22.5 Å². The average molecular weight is 436 g/mol. The Kier molecular flexibility index (Phi) is 5.61. The molecule has 4 aromatic rings. The number of aromatic nitrogens is 4. The van der Waals surface area contributed by atoms with Gasteiger partial charge in [-0.15, -0.1) is 0 Å². The molecule has 0 aliphatic carbocycles. The molecule has 0 spiro atoms. The molecule has 7 nitrogen and oxygen atoms in total. The number of rotatable bonds is 5. The third-order valence-electron chi connectivity index (χ3n) is 5.24. The largest absolute Gasteiger partial charge is 0.324 e. The average Bonchev–Trinajstić information content (AvgIpc) is 3.12. The van der Waals surface area contributed by atoms with Crippen molar-refractivity contribution in [1.29, 1.82) is 0 Å². The minimum atomic E-state index is -0.770. The molecule has 1 amide bonds. The highest BCUT2D eigenvalue weighted by molar-refractivity contribution is 6.30. The molecule has 8 heteroatoms. The van der Waals surface area contributed by atoms with E-state index in [-0.39, 0.29) is 5.91 Å². The van der Waals surface area contributed by atoms with Crippen LogP contribution in [-0.4, -0.2) is 25.5 Å². The van der Waals surface area contributed by atoms with Crippen LogP contribution >= 0.6 is 11.6 Å². The highest BCUT2D eigenvalue weighted by Gasteiger charge is 2.25. The van der Waals surface area contributed by atoms with E-state index in [0.717, 1.165) is 11.4 Å². The molecule has 0 aliphatic heterocycles. The van der Waals surface area contributed by atoms with Gasteiger partial charge in [-0.25, -0.2) is 9.36 Å². The quantitative estimate of drug-likeness (QED) is 0.502. The number of nitrogens with zero attached hydrogens (tertiary/aromatic N) is 4. The van der Waals surface area contributed by atoms with Gasteiger partial charge in [0.1, 0.15) is 6.04 Å². The van der Waals surface area contributed by atoms with Gasteiger partial charge in [-0.3, -0.25) is 9.59 Å². The maximum atomic E-state index is 13.3. The molecule has 0 radical (unpaired) electrons. The van der Waals surface area contributed by atoms with Crippen LogP contribution in [0.15, 0.2) is 59.4 Å². The summed E-state index contributed by atoms with van der Waals surface area (Å²) in [5.41, 5.74) is 2.83. The van der Waals surface area contributed by atoms with Gasteiger partial charge in [0.15, 0.2) is 5.52 Å². The molecule has 0 fully saturated rings. The smallest absolute Gasteiger partial charge is 0.295 e. The van der Waals surface area contributed by atoms with Crippen LogP contribution in [0.25, 0.3) is 16.6 Å². The number of hydrogen-bond donors (Lipinski definition) is 1. The first-order valence-corrected chi connectivity index (χ1v) is 10.4. The lowest BCUT2D eigenvalue weighted by Gasteiger charge is -2.17. The molecule has 0 bridgehead atoms. The standard InChI is InChI=1S/C23H22ClN5O2/c1-4-19(22(30)25-17-12-10-16(24)11-13-17)29-23(31)21-20(14(2)26-29)15(3)28(27-21)18-8-6-5-7-9-18/h5-13,19H,4H2,1-3H3,(H,25,30). The molecule has 158 valence electrons. The van der Waals surface area contributed by atoms with E-state index in [2.05, 4.69) is 15.5 Å². The zero-order chi connectivity index (χ0) is 22.1. The van der Waals surface area contributed by atoms with E-state index in [1.165, 1.54) is 4.68 Å². The monoisotopic (exact) mass is 435 g/mol. The molecule has 1 N–H and O–H groups in total. The number of anilines is 1. The topological polar surface area (TPSA) is 81.8 Å². The summed E-state index contributed by atoms with van der Waals surface area (Å²) >= 11 is 5.91. The first kappa shape index (κ1) is 20.8. The lowest BCUT2D eigenvalue weighted by Crippen LogP contribution is -2.35. The van der Waals surface area contributed by atoms with Crippen molar-refractivity contribution in [3.8, 4) is 5.69 Å². The predicted molar refractivity (Wildman–Crippen MR) is 122 cm³/mol. The molecule has 1 atom stereocenters. The maximum absolute atomic E-state index is 13.3. The summed E-state index contributed by atoms with van der Waals surface area (Å²) in [6.45, 7) is 5.57. The van der Waals surface area contributed by atoms with Crippen molar-refractivity contribution in [3.05, 3.63) is 81.4 Å². The van der Waals surface area contributed by atoms with E-state index in [1.54, 1.807) is 28.9 Å². The Morgan fingerprint density at radius 3 is 2.39 bits per heavy atom. The minimum Gasteiger partial charge on any atom is -0.324 e. The third-order valence-corrected chi connectivity index (χ3v) is 5.50. The van der Waals surface area contributed by atoms with Gasteiger partial charge in [-0.05, 0) is 56.7 Å². The van der Waals surface area contributed by atoms with E-state index in [0.29, 0.717) is 33.7 Å². The highest BCUT2D eigenvalue weighted by Crippen LogP contribution is 2.23. The maximum Gasteiger partial charge on any atom is 0.295 e. The van der Waals surface area contributed by atoms with Gasteiger partial charge < -0.3 is 5.32 Å². The van der Waals surface area contributed by atoms with Crippen LogP contribution < -0.4 is 10.9 Å². The van der Waals surface area contributed by atoms with E-state index in [1.807, 2.05) is 51.1 Å². The molecule has 31 heavy (non-hydrogen) atoms. The Morgan fingerprint density at radius 2 is 1.74 bits per heavy atom. The van der Waals surface area contributed by atoms with Gasteiger partial charge in [-0.2, -0.15) is 10.2 Å². The zero-order valence-electron chi connectivity index (χ0n) is 17.5. The van der Waals surface area contributed by atoms with Crippen molar-refractivity contribution in [2.75, 3.05) is 5.32 Å². The number of amides is 1. The van der Waals surface area contributed by atoms with Gasteiger partial charge in [0, 0.05) is 10.7 Å². The summed E-state index contributed by atoms with van der Waals surface area (Å²) in [4.78, 5) is 26.3. The van der Waals surface area contributed by atoms with Crippen molar-refractivity contribution in [1.82, 2.24) is 19.6 Å². The fourth-order valence-corrected chi connectivity index (χ4v) is 3.84. The fourth-order valence-electron chi connectivity index (χ4n) is 3.71. The second-order valence-electron chi connectivity index (χ2n) is 7.31. The Bertz CT molecular complexity index is 1310. The summed E-state index contributed by atoms with van der Waals surface area (Å²) < 4.78 is 2.98. The number of fused-ring (bicyclic) bond motifs is 1. The van der Waals surface area contributed by atoms with E-state index < -0.39 is 11.6 Å². The normalized spacial score (nSPS) is 12.1. The lowest BCUT2D eigenvalue weighted by molar-refractivity contribution is -0.119. The fraction of sp³-hybridized carbons (Fsp3) is 0.217. The first-order valence-electron chi connectivity index (χ1n) is 10.0. The van der Waals surface area contributed by atoms with Crippen molar-refractivity contribution in [2.45, 2.75) is 33.2 Å². The Morgan fingerprint density at radius 1 is 1.06 bits per heavy atom. The molecule has 0 saturated heterocycles. The second-order valence-corrected chi connectivity index (χ2v) is 7.75. The van der Waals surface area contributed by atoms with Crippen LogP contribution in [0.5, 0.6) is 0 Å². The van der Waals surface area contributed by atoms with Crippen molar-refractivity contribution < 1.29 is 4.79 Å². The number of benzene rings is 2. The zero-order valence-corrected chi connectivity index (χ0v) is 18.2. The van der Waals surface area contributed by atoms with E-state index in [4.69, 9.17) is 11.6 Å². The number of aryl methyl sites for hydroxylation is 2. The van der Waals surface area contributed by atoms with E-state index >= 15 is 0 Å². The van der Waals surface area contributed by atoms with Gasteiger partial charge in [-0.1, -0.05) is 36.7 Å². The Balaban J connectivity index is 1.78. The Hall–Kier alpha value is -3.45. The molecule has 2 aromatic carbocycles. The third kappa shape index (κ3) is 3.84. The van der Waals surface area contributed by atoms with Crippen LogP contribution in [0.4, 0.5) is 5.69 Å². The number of nitrogens with one attached hydrogen (secondary N) is 1. The van der Waals surface area contributed by atoms with Crippen molar-refractivity contribution >= 4 is 34.1 Å². The van der Waals surface area contributed by atoms with Crippen LogP contribution in [0.3, 0.4) is 0 Å². The summed E-state index contributed by atoms with van der Waals surface area (Å²) in [6.07, 6.45) is 0.398. The van der Waals surface area contributed by atoms with Crippen LogP contribution in [-0.2, 0) is 4.79 Å². The molecular weight excluding hydrogens is 414 g/mol. The number of halogens is 1. The molecule has 0 saturated carbocycles. The van der Waals surface area contributed by atoms with Crippen LogP contribution in [0.2, 0.25) is 5.02 Å². The predicted octanol–water partition coefficient (Wildman–Crippen LogP) is 4.44. The summed E-state index contributed by atoms with van der Waals surface area (Å²) in [6, 6.07) is 15.6. The van der Waals surface area contributed by atoms with Crippen LogP contribution in [0.1, 0.15) is 30.8 Å². The number of hydrogen-bond acceptors (Lipinski definition) is 4. The summed E-state index contributed by atoms with van der Waals surface area (Å²) in [7, 11) is 0. The minimum absolute atomic E-state index is 0.298. The summed E-state index contributed by atoms with van der Waals surface area (Å²) in [5.74, 6) is -0.322. The number of carbonyl (C=O) groups is 1. The molecular formula is C23H22ClN5O2. The van der Waals surface area contributed by atoms with Crippen LogP contribution in [0, 0.1) is 13.8 Å². The van der Waals surface area contributed by atoms with Gasteiger partial charge in [0.2, 0.25) is 5.91 Å². The van der Waals surface area contributed by atoms with E-state index in [9.17, 15) is 9.59 Å². The van der Waals surface area contributed by atoms with Crippen molar-refractivity contribution in [3.63, 3.8) is 0 Å².